The monoisotopic (exact) mass is 513 g/mol. The van der Waals surface area contributed by atoms with Gasteiger partial charge in [-0.2, -0.15) is 0 Å². The van der Waals surface area contributed by atoms with E-state index in [1.165, 1.54) is 0 Å². The number of nitrogens with zero attached hydrogens (tertiary/aromatic N) is 1. The van der Waals surface area contributed by atoms with Crippen LogP contribution in [-0.4, -0.2) is 82.1 Å². The molecule has 0 aromatic rings. The third-order valence-electron chi connectivity index (χ3n) is 10.6. The maximum Gasteiger partial charge on any atom is 0.233 e. The van der Waals surface area contributed by atoms with Crippen LogP contribution >= 0.6 is 15.9 Å². The zero-order valence-corrected chi connectivity index (χ0v) is 21.9. The van der Waals surface area contributed by atoms with Crippen molar-refractivity contribution in [3.63, 3.8) is 0 Å². The lowest BCUT2D eigenvalue weighted by molar-refractivity contribution is -0.312. The Balaban J connectivity index is 1.67. The van der Waals surface area contributed by atoms with E-state index in [1.54, 1.807) is 14.2 Å². The number of alkyl halides is 1. The number of halogens is 1. The Labute approximate surface area is 201 Å². The van der Waals surface area contributed by atoms with Crippen molar-refractivity contribution in [2.45, 2.75) is 62.2 Å². The van der Waals surface area contributed by atoms with Crippen LogP contribution in [0.15, 0.2) is 0 Å². The molecule has 0 aromatic heterocycles. The van der Waals surface area contributed by atoms with E-state index in [9.17, 15) is 4.79 Å². The van der Waals surface area contributed by atoms with Crippen molar-refractivity contribution in [2.75, 3.05) is 54.7 Å². The van der Waals surface area contributed by atoms with Crippen molar-refractivity contribution in [1.82, 2.24) is 4.90 Å². The third kappa shape index (κ3) is 2.67. The number of ether oxygens (including phenoxy) is 4. The Hall–Kier alpha value is -0.0500. The maximum absolute atomic E-state index is 14.3. The summed E-state index contributed by atoms with van der Waals surface area (Å²) >= 11 is 3.96. The number of fused-ring (bicyclic) bond motifs is 2. The summed E-state index contributed by atoms with van der Waals surface area (Å²) < 4.78 is 24.0. The quantitative estimate of drug-likeness (QED) is 0.400. The number of rotatable bonds is 6. The number of ketones is 1. The summed E-state index contributed by atoms with van der Waals surface area (Å²) in [5.74, 6) is -0.127. The third-order valence-corrected chi connectivity index (χ3v) is 11.6. The van der Waals surface area contributed by atoms with Crippen molar-refractivity contribution in [1.29, 1.82) is 0 Å². The molecule has 6 fully saturated rings. The van der Waals surface area contributed by atoms with Gasteiger partial charge in [-0.25, -0.2) is 0 Å². The van der Waals surface area contributed by atoms with Crippen LogP contribution < -0.4 is 0 Å². The van der Waals surface area contributed by atoms with E-state index in [0.717, 1.165) is 64.8 Å². The minimum atomic E-state index is -1.13. The molecule has 1 spiro atoms. The molecule has 8 atom stereocenters. The zero-order valence-electron chi connectivity index (χ0n) is 20.3. The summed E-state index contributed by atoms with van der Waals surface area (Å²) in [6.45, 7) is 6.20. The fourth-order valence-electron chi connectivity index (χ4n) is 9.68. The first-order valence-electron chi connectivity index (χ1n) is 12.4. The first kappa shape index (κ1) is 23.7. The average molecular weight is 515 g/mol. The summed E-state index contributed by atoms with van der Waals surface area (Å²) in [5.41, 5.74) is -0.311. The van der Waals surface area contributed by atoms with E-state index in [4.69, 9.17) is 18.9 Å². The maximum atomic E-state index is 14.3. The molecule has 32 heavy (non-hydrogen) atoms. The molecule has 6 rings (SSSR count). The summed E-state index contributed by atoms with van der Waals surface area (Å²) in [5, 5.41) is 0. The van der Waals surface area contributed by atoms with Crippen LogP contribution in [0.3, 0.4) is 0 Å². The van der Waals surface area contributed by atoms with Crippen LogP contribution in [0, 0.1) is 34.0 Å². The van der Waals surface area contributed by atoms with Crippen LogP contribution in [-0.2, 0) is 23.7 Å². The molecule has 0 aromatic carbocycles. The van der Waals surface area contributed by atoms with Gasteiger partial charge in [0.25, 0.3) is 0 Å². The number of carbonyl (C=O) groups is 1. The van der Waals surface area contributed by atoms with Crippen molar-refractivity contribution < 1.29 is 23.7 Å². The van der Waals surface area contributed by atoms with Gasteiger partial charge in [-0.1, -0.05) is 22.9 Å². The normalized spacial score (nSPS) is 49.6. The molecule has 1 saturated heterocycles. The number of hydrogen-bond donors (Lipinski definition) is 0. The summed E-state index contributed by atoms with van der Waals surface area (Å²) in [6, 6.07) is 0. The predicted molar refractivity (Wildman–Crippen MR) is 125 cm³/mol. The SMILES string of the molecule is CCN1C[C@]2(COC)CC[C@H](OC)[C@]3(C1)[C@@H]2CC[C@@]12CC(Br)C(C[C@@H]13)C(OC)(OC)C2=O. The van der Waals surface area contributed by atoms with E-state index < -0.39 is 11.2 Å². The highest BCUT2D eigenvalue weighted by molar-refractivity contribution is 9.09. The second-order valence-electron chi connectivity index (χ2n) is 11.2. The Morgan fingerprint density at radius 3 is 2.44 bits per heavy atom. The van der Waals surface area contributed by atoms with E-state index >= 15 is 0 Å². The molecule has 1 heterocycles. The zero-order chi connectivity index (χ0) is 22.9. The van der Waals surface area contributed by atoms with Gasteiger partial charge in [-0.3, -0.25) is 4.79 Å². The van der Waals surface area contributed by atoms with E-state index in [-0.39, 0.29) is 39.4 Å². The standard InChI is InChI=1S/C25H40BrNO5/c1-6-27-13-22(15-29-2)9-8-20(30-3)24(14-27)18(22)7-10-23-12-17(26)16(11-19(23)24)25(31-4,32-5)21(23)28/h16-20H,6-15H2,1-5H3/t16?,17?,18-,19+,20+,22+,23-,24-/m1/s1. The molecule has 182 valence electrons. The second kappa shape index (κ2) is 7.99. The van der Waals surface area contributed by atoms with E-state index in [0.29, 0.717) is 5.92 Å². The summed E-state index contributed by atoms with van der Waals surface area (Å²) in [6.07, 6.45) is 6.16. The molecule has 7 heteroatoms. The molecule has 2 unspecified atom stereocenters. The smallest absolute Gasteiger partial charge is 0.233 e. The van der Waals surface area contributed by atoms with Crippen molar-refractivity contribution >= 4 is 21.7 Å². The molecule has 6 nitrogen and oxygen atoms in total. The van der Waals surface area contributed by atoms with Gasteiger partial charge in [0.1, 0.15) is 0 Å². The summed E-state index contributed by atoms with van der Waals surface area (Å²) in [7, 11) is 7.01. The largest absolute Gasteiger partial charge is 0.384 e. The van der Waals surface area contributed by atoms with Crippen LogP contribution in [0.2, 0.25) is 0 Å². The lowest BCUT2D eigenvalue weighted by Crippen LogP contribution is -2.79. The number of piperidine rings is 1. The van der Waals surface area contributed by atoms with Crippen LogP contribution in [0.5, 0.6) is 0 Å². The second-order valence-corrected chi connectivity index (χ2v) is 12.4. The average Bonchev–Trinajstić information content (AvgIpc) is 2.79. The van der Waals surface area contributed by atoms with Gasteiger partial charge in [0.15, 0.2) is 5.78 Å². The van der Waals surface area contributed by atoms with Crippen molar-refractivity contribution in [2.24, 2.45) is 34.0 Å². The molecule has 4 bridgehead atoms. The molecule has 6 aliphatic rings. The van der Waals surface area contributed by atoms with Gasteiger partial charge in [0.05, 0.1) is 12.7 Å². The van der Waals surface area contributed by atoms with E-state index in [1.807, 2.05) is 14.2 Å². The van der Waals surface area contributed by atoms with Crippen molar-refractivity contribution in [3.8, 4) is 0 Å². The van der Waals surface area contributed by atoms with Crippen molar-refractivity contribution in [3.05, 3.63) is 0 Å². The molecule has 5 aliphatic carbocycles. The molecular formula is C25H40BrNO5. The predicted octanol–water partition coefficient (Wildman–Crippen LogP) is 3.51. The molecule has 0 amide bonds. The number of methoxy groups -OCH3 is 4. The Morgan fingerprint density at radius 2 is 1.81 bits per heavy atom. The first-order valence-corrected chi connectivity index (χ1v) is 13.3. The number of hydrogen-bond acceptors (Lipinski definition) is 6. The Bertz CT molecular complexity index is 761. The van der Waals surface area contributed by atoms with Gasteiger partial charge >= 0.3 is 0 Å². The first-order chi connectivity index (χ1) is 15.3. The van der Waals surface area contributed by atoms with Gasteiger partial charge in [-0.05, 0) is 56.9 Å². The molecular weight excluding hydrogens is 474 g/mol. The minimum absolute atomic E-state index is 0.0123. The Morgan fingerprint density at radius 1 is 1.06 bits per heavy atom. The number of likely N-dealkylation sites (tertiary alicyclic amines) is 1. The van der Waals surface area contributed by atoms with Crippen LogP contribution in [0.4, 0.5) is 0 Å². The minimum Gasteiger partial charge on any atom is -0.384 e. The topological polar surface area (TPSA) is 57.2 Å². The highest BCUT2D eigenvalue weighted by atomic mass is 79.9. The van der Waals surface area contributed by atoms with Gasteiger partial charge in [-0.15, -0.1) is 0 Å². The van der Waals surface area contributed by atoms with Gasteiger partial charge in [0, 0.05) is 68.5 Å². The molecule has 0 radical (unpaired) electrons. The van der Waals surface area contributed by atoms with Crippen LogP contribution in [0.25, 0.3) is 0 Å². The Kier molecular flexibility index (Phi) is 5.91. The lowest BCUT2D eigenvalue weighted by Gasteiger charge is -2.74. The van der Waals surface area contributed by atoms with E-state index in [2.05, 4.69) is 27.8 Å². The fourth-order valence-corrected chi connectivity index (χ4v) is 10.8. The van der Waals surface area contributed by atoms with Gasteiger partial charge < -0.3 is 23.8 Å². The highest BCUT2D eigenvalue weighted by Crippen LogP contribution is 2.74. The molecule has 5 saturated carbocycles. The number of carbonyl (C=O) groups excluding carboxylic acids is 1. The van der Waals surface area contributed by atoms with Gasteiger partial charge in [0.2, 0.25) is 5.79 Å². The van der Waals surface area contributed by atoms with Crippen LogP contribution in [0.1, 0.15) is 45.4 Å². The molecule has 0 N–H and O–H groups in total. The lowest BCUT2D eigenvalue weighted by atomic mass is 9.34. The molecule has 1 aliphatic heterocycles. The fraction of sp³-hybridized carbons (Fsp3) is 0.960. The number of Topliss-reactive ketones (excluding diaryl/α,β-unsaturated/α-hetero) is 1. The highest BCUT2D eigenvalue weighted by Gasteiger charge is 2.78. The summed E-state index contributed by atoms with van der Waals surface area (Å²) in [4.78, 5) is 17.2.